The Morgan fingerprint density at radius 3 is 3.00 bits per heavy atom. The molecule has 1 fully saturated rings. The minimum absolute atomic E-state index is 0.326. The topological polar surface area (TPSA) is 86.8 Å². The molecule has 1 aliphatic heterocycles. The Kier molecular flexibility index (Phi) is 4.53. The van der Waals surface area contributed by atoms with Gasteiger partial charge in [0.05, 0.1) is 40.2 Å². The molecule has 0 aliphatic carbocycles. The monoisotopic (exact) mass is 413 g/mol. The minimum atomic E-state index is 0.326. The Balaban J connectivity index is 1.64. The van der Waals surface area contributed by atoms with Crippen molar-refractivity contribution in [3.05, 3.63) is 42.1 Å². The van der Waals surface area contributed by atoms with Crippen molar-refractivity contribution in [1.29, 1.82) is 0 Å². The first-order chi connectivity index (χ1) is 13.7. The average Bonchev–Trinajstić information content (AvgIpc) is 3.42. The van der Waals surface area contributed by atoms with Crippen LogP contribution in [0.3, 0.4) is 0 Å². The molecule has 1 aliphatic rings. The van der Waals surface area contributed by atoms with Crippen LogP contribution in [-0.4, -0.2) is 42.9 Å². The van der Waals surface area contributed by atoms with Crippen LogP contribution in [0.5, 0.6) is 0 Å². The molecule has 1 atom stereocenters. The van der Waals surface area contributed by atoms with Gasteiger partial charge in [-0.3, -0.25) is 0 Å². The van der Waals surface area contributed by atoms with Gasteiger partial charge >= 0.3 is 0 Å². The third-order valence-corrected chi connectivity index (χ3v) is 6.74. The van der Waals surface area contributed by atoms with Crippen LogP contribution < -0.4 is 15.3 Å². The molecule has 144 valence electrons. The van der Waals surface area contributed by atoms with Crippen molar-refractivity contribution in [3.63, 3.8) is 0 Å². The highest BCUT2D eigenvalue weighted by molar-refractivity contribution is 7.99. The van der Waals surface area contributed by atoms with Gasteiger partial charge in [-0.1, -0.05) is 0 Å². The maximum absolute atomic E-state index is 5.02. The summed E-state index contributed by atoms with van der Waals surface area (Å²) in [5.74, 6) is 2.00. The molecule has 1 unspecified atom stereocenters. The maximum atomic E-state index is 5.02. The first-order valence-corrected chi connectivity index (χ1v) is 11.0. The lowest BCUT2D eigenvalue weighted by Crippen LogP contribution is -2.28. The minimum Gasteiger partial charge on any atom is -0.331 e. The number of H-pyrrole nitrogens is 1. The van der Waals surface area contributed by atoms with Crippen LogP contribution in [0.4, 0.5) is 10.8 Å². The number of nitrogens with one attached hydrogen (secondary N) is 3. The van der Waals surface area contributed by atoms with Gasteiger partial charge in [0.2, 0.25) is 6.20 Å². The smallest absolute Gasteiger partial charge is 0.203 e. The van der Waals surface area contributed by atoms with Gasteiger partial charge in [0, 0.05) is 24.9 Å². The molecule has 0 saturated carbocycles. The van der Waals surface area contributed by atoms with E-state index in [1.54, 1.807) is 0 Å². The highest BCUT2D eigenvalue weighted by Gasteiger charge is 2.22. The zero-order valence-corrected chi connectivity index (χ0v) is 17.3. The van der Waals surface area contributed by atoms with Gasteiger partial charge in [0.15, 0.2) is 12.7 Å². The average molecular weight is 414 g/mol. The zero-order chi connectivity index (χ0) is 19.1. The van der Waals surface area contributed by atoms with Gasteiger partial charge in [-0.15, -0.1) is 16.4 Å². The van der Waals surface area contributed by atoms with E-state index in [-0.39, 0.29) is 0 Å². The Labute approximate surface area is 170 Å². The number of aromatic nitrogens is 6. The van der Waals surface area contributed by atoms with E-state index in [0.717, 1.165) is 57.8 Å². The largest absolute Gasteiger partial charge is 0.331 e. The third-order valence-electron chi connectivity index (χ3n) is 4.70. The van der Waals surface area contributed by atoms with Gasteiger partial charge < -0.3 is 10.6 Å². The fraction of sp³-hybridized carbons (Fsp3) is 0.333. The number of aryl methyl sites for hydroxylation is 2. The van der Waals surface area contributed by atoms with E-state index >= 15 is 0 Å². The first-order valence-electron chi connectivity index (χ1n) is 9.13. The molecule has 1 saturated heterocycles. The Morgan fingerprint density at radius 1 is 1.36 bits per heavy atom. The van der Waals surface area contributed by atoms with E-state index in [1.807, 2.05) is 59.6 Å². The summed E-state index contributed by atoms with van der Waals surface area (Å²) in [5.41, 5.74) is 5.00. The van der Waals surface area contributed by atoms with Crippen molar-refractivity contribution in [2.75, 3.05) is 24.2 Å². The second-order valence-electron chi connectivity index (χ2n) is 6.85. The van der Waals surface area contributed by atoms with Gasteiger partial charge in [-0.05, 0) is 24.5 Å². The number of rotatable bonds is 4. The molecule has 28 heavy (non-hydrogen) atoms. The summed E-state index contributed by atoms with van der Waals surface area (Å²) in [6.07, 6.45) is 5.90. The molecule has 0 radical (unpaired) electrons. The van der Waals surface area contributed by atoms with Crippen LogP contribution in [0.25, 0.3) is 16.8 Å². The van der Waals surface area contributed by atoms with Gasteiger partial charge in [0.25, 0.3) is 0 Å². The summed E-state index contributed by atoms with van der Waals surface area (Å²) in [7, 11) is 1.97. The molecule has 0 spiro atoms. The fourth-order valence-electron chi connectivity index (χ4n) is 3.35. The number of fused-ring (bicyclic) bond motifs is 1. The summed E-state index contributed by atoms with van der Waals surface area (Å²) < 4.78 is 8.17. The van der Waals surface area contributed by atoms with Crippen molar-refractivity contribution < 1.29 is 4.68 Å². The van der Waals surface area contributed by atoms with Gasteiger partial charge in [0.1, 0.15) is 10.8 Å². The van der Waals surface area contributed by atoms with E-state index in [1.165, 1.54) is 11.5 Å². The highest BCUT2D eigenvalue weighted by Crippen LogP contribution is 2.34. The Bertz CT molecular complexity index is 1120. The second kappa shape index (κ2) is 7.19. The van der Waals surface area contributed by atoms with E-state index in [0.29, 0.717) is 5.25 Å². The summed E-state index contributed by atoms with van der Waals surface area (Å²) in [6, 6.07) is 4.16. The summed E-state index contributed by atoms with van der Waals surface area (Å²) >= 11 is 3.40. The van der Waals surface area contributed by atoms with Crippen molar-refractivity contribution >= 4 is 39.8 Å². The maximum Gasteiger partial charge on any atom is 0.203 e. The molecule has 4 aromatic rings. The summed E-state index contributed by atoms with van der Waals surface area (Å²) in [6.45, 7) is 3.97. The number of hydrogen-bond acceptors (Lipinski definition) is 7. The lowest BCUT2D eigenvalue weighted by molar-refractivity contribution is -0.726. The number of thioether (sulfide) groups is 1. The van der Waals surface area contributed by atoms with Crippen LogP contribution in [-0.2, 0) is 7.05 Å². The Hall–Kier alpha value is -2.43. The van der Waals surface area contributed by atoms with Gasteiger partial charge in [-0.25, -0.2) is 4.98 Å². The molecular weight excluding hydrogens is 392 g/mol. The number of hydrogen-bond donors (Lipinski definition) is 3. The van der Waals surface area contributed by atoms with E-state index < -0.39 is 0 Å². The van der Waals surface area contributed by atoms with Crippen molar-refractivity contribution in [1.82, 2.24) is 29.4 Å². The van der Waals surface area contributed by atoms with E-state index in [9.17, 15) is 0 Å². The molecule has 5 rings (SSSR count). The molecule has 4 aromatic heterocycles. The predicted molar refractivity (Wildman–Crippen MR) is 112 cm³/mol. The van der Waals surface area contributed by atoms with Crippen LogP contribution in [0.1, 0.15) is 16.6 Å². The van der Waals surface area contributed by atoms with Crippen molar-refractivity contribution in [2.45, 2.75) is 12.2 Å². The van der Waals surface area contributed by atoms with Crippen LogP contribution in [0.15, 0.2) is 30.7 Å². The molecule has 5 heterocycles. The summed E-state index contributed by atoms with van der Waals surface area (Å²) in [5, 5.41) is 16.1. The summed E-state index contributed by atoms with van der Waals surface area (Å²) in [4.78, 5) is 5.02. The number of aromatic amines is 1. The van der Waals surface area contributed by atoms with Crippen molar-refractivity contribution in [3.8, 4) is 11.1 Å². The van der Waals surface area contributed by atoms with Crippen LogP contribution in [0, 0.1) is 6.92 Å². The molecular formula is C18H21N8S2+. The van der Waals surface area contributed by atoms with Crippen molar-refractivity contribution in [2.24, 2.45) is 7.05 Å². The highest BCUT2D eigenvalue weighted by atomic mass is 32.2. The molecule has 0 amide bonds. The van der Waals surface area contributed by atoms with Crippen LogP contribution >= 0.6 is 23.3 Å². The lowest BCUT2D eigenvalue weighted by atomic mass is 10.2. The Morgan fingerprint density at radius 2 is 2.29 bits per heavy atom. The fourth-order valence-corrected chi connectivity index (χ4v) is 5.09. The molecule has 3 N–H and O–H groups in total. The third kappa shape index (κ3) is 3.27. The number of nitrogens with zero attached hydrogens (tertiary/aromatic N) is 5. The molecule has 0 bridgehead atoms. The SMILES string of the molecule is Cc1cc(Nc2cc(C3CNCCS3)nc3c(-c4c[nH][n+](C)c4)cnn23)sn1. The first kappa shape index (κ1) is 17.7. The van der Waals surface area contributed by atoms with Gasteiger partial charge in [-0.2, -0.15) is 19.1 Å². The zero-order valence-electron chi connectivity index (χ0n) is 15.6. The standard InChI is InChI=1S/C18H20N8S2/c1-11-5-17(28-24-11)23-16-6-14(15-9-19-3-4-27-15)22-18-13(8-21-26(16)18)12-7-20-25(2)10-12/h5-8,10,15,19H,3-4,9H2,1-2H3,(H,21,22,23,24)/p+1. The normalized spacial score (nSPS) is 17.3. The molecule has 10 heteroatoms. The van der Waals surface area contributed by atoms with Crippen LogP contribution in [0.2, 0.25) is 0 Å². The predicted octanol–water partition coefficient (Wildman–Crippen LogP) is 2.43. The molecule has 0 aromatic carbocycles. The number of anilines is 2. The van der Waals surface area contributed by atoms with E-state index in [2.05, 4.69) is 31.3 Å². The lowest BCUT2D eigenvalue weighted by Gasteiger charge is -2.22. The molecule has 8 nitrogen and oxygen atoms in total. The van der Waals surface area contributed by atoms with E-state index in [4.69, 9.17) is 4.98 Å². The quantitative estimate of drug-likeness (QED) is 0.446. The second-order valence-corrected chi connectivity index (χ2v) is 8.97.